The summed E-state index contributed by atoms with van der Waals surface area (Å²) in [6, 6.07) is 18.9. The number of carbonyl (C=O) groups is 1. The number of amides is 1. The van der Waals surface area contributed by atoms with Gasteiger partial charge in [0.05, 0.1) is 5.69 Å². The number of aryl methyl sites for hydroxylation is 2. The Morgan fingerprint density at radius 2 is 1.89 bits per heavy atom. The summed E-state index contributed by atoms with van der Waals surface area (Å²) < 4.78 is 7.24. The summed E-state index contributed by atoms with van der Waals surface area (Å²) in [4.78, 5) is 12.2. The number of aromatic nitrogens is 4. The zero-order chi connectivity index (χ0) is 19.5. The van der Waals surface area contributed by atoms with Gasteiger partial charge in [0.25, 0.3) is 5.91 Å². The SMILES string of the molecule is Cc1cccc(OCC(=O)Nc2cccc(-c3ccc4nnc(C)n4n3)c2)c1. The zero-order valence-electron chi connectivity index (χ0n) is 15.6. The van der Waals surface area contributed by atoms with Crippen molar-refractivity contribution in [3.05, 3.63) is 72.1 Å². The topological polar surface area (TPSA) is 81.4 Å². The van der Waals surface area contributed by atoms with Crippen LogP contribution in [0, 0.1) is 13.8 Å². The number of carbonyl (C=O) groups excluding carboxylic acids is 1. The Balaban J connectivity index is 1.47. The molecule has 0 aliphatic carbocycles. The number of benzene rings is 2. The standard InChI is InChI=1S/C21H19N5O2/c1-14-5-3-8-18(11-14)28-13-21(27)22-17-7-4-6-16(12-17)19-9-10-20-24-23-15(2)26(20)25-19/h3-12H,13H2,1-2H3,(H,22,27). The summed E-state index contributed by atoms with van der Waals surface area (Å²) in [5.74, 6) is 1.16. The van der Waals surface area contributed by atoms with Crippen LogP contribution in [0.2, 0.25) is 0 Å². The van der Waals surface area contributed by atoms with Gasteiger partial charge >= 0.3 is 0 Å². The monoisotopic (exact) mass is 373 g/mol. The van der Waals surface area contributed by atoms with E-state index in [9.17, 15) is 4.79 Å². The van der Waals surface area contributed by atoms with Crippen molar-refractivity contribution in [3.8, 4) is 17.0 Å². The quantitative estimate of drug-likeness (QED) is 0.580. The van der Waals surface area contributed by atoms with Crippen LogP contribution in [-0.2, 0) is 4.79 Å². The van der Waals surface area contributed by atoms with E-state index < -0.39 is 0 Å². The molecule has 0 aliphatic rings. The van der Waals surface area contributed by atoms with E-state index in [2.05, 4.69) is 20.6 Å². The van der Waals surface area contributed by atoms with Crippen molar-refractivity contribution >= 4 is 17.2 Å². The van der Waals surface area contributed by atoms with Gasteiger partial charge in [0.15, 0.2) is 18.1 Å². The van der Waals surface area contributed by atoms with Gasteiger partial charge in [-0.1, -0.05) is 24.3 Å². The lowest BCUT2D eigenvalue weighted by atomic mass is 10.1. The third-order valence-electron chi connectivity index (χ3n) is 4.22. The Morgan fingerprint density at radius 3 is 2.75 bits per heavy atom. The van der Waals surface area contributed by atoms with Gasteiger partial charge < -0.3 is 10.1 Å². The molecule has 0 fully saturated rings. The average Bonchev–Trinajstić information content (AvgIpc) is 3.07. The molecule has 140 valence electrons. The van der Waals surface area contributed by atoms with Gasteiger partial charge in [-0.2, -0.15) is 9.61 Å². The van der Waals surface area contributed by atoms with Gasteiger partial charge in [-0.3, -0.25) is 4.79 Å². The molecule has 2 aromatic heterocycles. The lowest BCUT2D eigenvalue weighted by molar-refractivity contribution is -0.118. The molecule has 0 spiro atoms. The molecule has 0 radical (unpaired) electrons. The normalized spacial score (nSPS) is 10.8. The Morgan fingerprint density at radius 1 is 1.04 bits per heavy atom. The first kappa shape index (κ1) is 17.7. The largest absolute Gasteiger partial charge is 0.484 e. The highest BCUT2D eigenvalue weighted by Gasteiger charge is 2.08. The van der Waals surface area contributed by atoms with Gasteiger partial charge in [-0.15, -0.1) is 10.2 Å². The Hall–Kier alpha value is -3.74. The van der Waals surface area contributed by atoms with E-state index in [0.717, 1.165) is 22.6 Å². The molecule has 0 unspecified atom stereocenters. The molecule has 2 heterocycles. The third-order valence-corrected chi connectivity index (χ3v) is 4.22. The first-order chi connectivity index (χ1) is 13.6. The predicted octanol–water partition coefficient (Wildman–Crippen LogP) is 3.43. The second kappa shape index (κ2) is 7.48. The number of hydrogen-bond donors (Lipinski definition) is 1. The number of hydrogen-bond acceptors (Lipinski definition) is 5. The molecular formula is C21H19N5O2. The molecule has 0 saturated carbocycles. The fourth-order valence-corrected chi connectivity index (χ4v) is 2.86. The van der Waals surface area contributed by atoms with Crippen LogP contribution in [0.15, 0.2) is 60.7 Å². The number of fused-ring (bicyclic) bond motifs is 1. The molecule has 4 rings (SSSR count). The number of rotatable bonds is 5. The van der Waals surface area contributed by atoms with Crippen molar-refractivity contribution in [3.63, 3.8) is 0 Å². The highest BCUT2D eigenvalue weighted by atomic mass is 16.5. The fraction of sp³-hybridized carbons (Fsp3) is 0.143. The summed E-state index contributed by atoms with van der Waals surface area (Å²) in [6.07, 6.45) is 0. The van der Waals surface area contributed by atoms with Crippen molar-refractivity contribution in [2.24, 2.45) is 0 Å². The van der Waals surface area contributed by atoms with E-state index in [1.54, 1.807) is 4.52 Å². The van der Waals surface area contributed by atoms with E-state index >= 15 is 0 Å². The first-order valence-corrected chi connectivity index (χ1v) is 8.87. The van der Waals surface area contributed by atoms with Gasteiger partial charge in [0.1, 0.15) is 5.75 Å². The Kier molecular flexibility index (Phi) is 4.72. The van der Waals surface area contributed by atoms with E-state index in [1.807, 2.05) is 74.5 Å². The number of nitrogens with one attached hydrogen (secondary N) is 1. The lowest BCUT2D eigenvalue weighted by Crippen LogP contribution is -2.20. The highest BCUT2D eigenvalue weighted by molar-refractivity contribution is 5.92. The summed E-state index contributed by atoms with van der Waals surface area (Å²) >= 11 is 0. The number of anilines is 1. The fourth-order valence-electron chi connectivity index (χ4n) is 2.86. The van der Waals surface area contributed by atoms with E-state index in [4.69, 9.17) is 4.74 Å². The molecule has 0 bridgehead atoms. The molecule has 1 N–H and O–H groups in total. The Bertz CT molecular complexity index is 1150. The van der Waals surface area contributed by atoms with Crippen molar-refractivity contribution in [2.75, 3.05) is 11.9 Å². The first-order valence-electron chi connectivity index (χ1n) is 8.87. The molecule has 2 aromatic carbocycles. The molecule has 4 aromatic rings. The average molecular weight is 373 g/mol. The van der Waals surface area contributed by atoms with Crippen LogP contribution in [0.3, 0.4) is 0 Å². The van der Waals surface area contributed by atoms with E-state index in [1.165, 1.54) is 0 Å². The minimum Gasteiger partial charge on any atom is -0.484 e. The van der Waals surface area contributed by atoms with Gasteiger partial charge in [-0.05, 0) is 55.8 Å². The van der Waals surface area contributed by atoms with E-state index in [0.29, 0.717) is 17.1 Å². The van der Waals surface area contributed by atoms with Crippen LogP contribution in [-0.4, -0.2) is 32.3 Å². The maximum Gasteiger partial charge on any atom is 0.262 e. The van der Waals surface area contributed by atoms with Crippen molar-refractivity contribution in [2.45, 2.75) is 13.8 Å². The number of ether oxygens (including phenoxy) is 1. The van der Waals surface area contributed by atoms with Crippen molar-refractivity contribution < 1.29 is 9.53 Å². The third kappa shape index (κ3) is 3.83. The summed E-state index contributed by atoms with van der Waals surface area (Å²) in [5.41, 5.74) is 4.10. The van der Waals surface area contributed by atoms with Crippen LogP contribution in [0.25, 0.3) is 16.9 Å². The second-order valence-corrected chi connectivity index (χ2v) is 6.47. The maximum absolute atomic E-state index is 12.2. The molecule has 1 amide bonds. The van der Waals surface area contributed by atoms with Crippen LogP contribution in [0.1, 0.15) is 11.4 Å². The summed E-state index contributed by atoms with van der Waals surface area (Å²) in [5, 5.41) is 15.5. The molecule has 0 aliphatic heterocycles. The summed E-state index contributed by atoms with van der Waals surface area (Å²) in [7, 11) is 0. The Labute approximate surface area is 162 Å². The molecule has 7 nitrogen and oxygen atoms in total. The van der Waals surface area contributed by atoms with Crippen LogP contribution in [0.5, 0.6) is 5.75 Å². The van der Waals surface area contributed by atoms with Crippen LogP contribution >= 0.6 is 0 Å². The lowest BCUT2D eigenvalue weighted by Gasteiger charge is -2.09. The molecule has 0 atom stereocenters. The second-order valence-electron chi connectivity index (χ2n) is 6.47. The smallest absolute Gasteiger partial charge is 0.262 e. The zero-order valence-corrected chi connectivity index (χ0v) is 15.6. The number of nitrogens with zero attached hydrogens (tertiary/aromatic N) is 4. The van der Waals surface area contributed by atoms with Gasteiger partial charge in [0.2, 0.25) is 0 Å². The van der Waals surface area contributed by atoms with Crippen LogP contribution in [0.4, 0.5) is 5.69 Å². The molecular weight excluding hydrogens is 354 g/mol. The van der Waals surface area contributed by atoms with Gasteiger partial charge in [-0.25, -0.2) is 0 Å². The van der Waals surface area contributed by atoms with Crippen molar-refractivity contribution in [1.82, 2.24) is 19.8 Å². The predicted molar refractivity (Wildman–Crippen MR) is 106 cm³/mol. The maximum atomic E-state index is 12.2. The molecule has 0 saturated heterocycles. The van der Waals surface area contributed by atoms with Crippen LogP contribution < -0.4 is 10.1 Å². The van der Waals surface area contributed by atoms with Gasteiger partial charge in [0, 0.05) is 11.3 Å². The molecule has 7 heteroatoms. The minimum absolute atomic E-state index is 0.0577. The van der Waals surface area contributed by atoms with Crippen molar-refractivity contribution in [1.29, 1.82) is 0 Å². The van der Waals surface area contributed by atoms with E-state index in [-0.39, 0.29) is 12.5 Å². The highest BCUT2D eigenvalue weighted by Crippen LogP contribution is 2.21. The molecule has 28 heavy (non-hydrogen) atoms. The minimum atomic E-state index is -0.225. The summed E-state index contributed by atoms with van der Waals surface area (Å²) in [6.45, 7) is 3.77.